The monoisotopic (exact) mass is 309 g/mol. The highest BCUT2D eigenvalue weighted by Gasteiger charge is 2.28. The van der Waals surface area contributed by atoms with Gasteiger partial charge >= 0.3 is 0 Å². The molecule has 0 saturated carbocycles. The van der Waals surface area contributed by atoms with E-state index in [1.165, 1.54) is 12.8 Å². The molecule has 1 unspecified atom stereocenters. The van der Waals surface area contributed by atoms with Gasteiger partial charge < -0.3 is 10.0 Å². The second-order valence-electron chi connectivity index (χ2n) is 7.31. The predicted octanol–water partition coefficient (Wildman–Crippen LogP) is 4.52. The molecule has 0 spiro atoms. The smallest absolute Gasteiger partial charge is 0.0816 e. The Hall–Kier alpha value is -0.570. The lowest BCUT2D eigenvalue weighted by molar-refractivity contribution is 0.0915. The van der Waals surface area contributed by atoms with Gasteiger partial charge in [-0.05, 0) is 55.3 Å². The average Bonchev–Trinajstić information content (AvgIpc) is 2.45. The van der Waals surface area contributed by atoms with Crippen LogP contribution < -0.4 is 0 Å². The van der Waals surface area contributed by atoms with Gasteiger partial charge in [0.25, 0.3) is 0 Å². The maximum Gasteiger partial charge on any atom is 0.0816 e. The van der Waals surface area contributed by atoms with Crippen molar-refractivity contribution in [1.82, 2.24) is 4.90 Å². The molecular weight excluding hydrogens is 282 g/mol. The van der Waals surface area contributed by atoms with Crippen molar-refractivity contribution in [2.45, 2.75) is 46.1 Å². The Labute approximate surface area is 134 Å². The Morgan fingerprint density at radius 1 is 1.24 bits per heavy atom. The largest absolute Gasteiger partial charge is 0.388 e. The van der Waals surface area contributed by atoms with E-state index in [1.54, 1.807) is 0 Å². The molecular formula is C18H28ClNO. The molecule has 21 heavy (non-hydrogen) atoms. The van der Waals surface area contributed by atoms with Crippen LogP contribution in [-0.2, 0) is 0 Å². The van der Waals surface area contributed by atoms with Crippen LogP contribution in [0, 0.1) is 11.3 Å². The second kappa shape index (κ2) is 7.13. The summed E-state index contributed by atoms with van der Waals surface area (Å²) in [5, 5.41) is 11.0. The molecule has 1 aromatic rings. The fraction of sp³-hybridized carbons (Fsp3) is 0.667. The van der Waals surface area contributed by atoms with E-state index in [0.717, 1.165) is 37.5 Å². The third-order valence-electron chi connectivity index (χ3n) is 4.80. The molecule has 0 aliphatic carbocycles. The summed E-state index contributed by atoms with van der Waals surface area (Å²) >= 11 is 6.14. The second-order valence-corrected chi connectivity index (χ2v) is 7.72. The molecule has 1 aromatic carbocycles. The predicted molar refractivity (Wildman–Crippen MR) is 89.6 cm³/mol. The van der Waals surface area contributed by atoms with E-state index in [1.807, 2.05) is 24.3 Å². The minimum absolute atomic E-state index is 0.420. The molecule has 1 aliphatic heterocycles. The van der Waals surface area contributed by atoms with Crippen LogP contribution in [0.3, 0.4) is 0 Å². The van der Waals surface area contributed by atoms with Gasteiger partial charge in [0.15, 0.2) is 0 Å². The fourth-order valence-electron chi connectivity index (χ4n) is 3.23. The standard InChI is InChI=1S/C18H28ClNO/c1-18(2,3)14-8-11-20(12-9-14)13-10-17(21)15-6-4-5-7-16(15)19/h4-7,14,17,21H,8-13H2,1-3H3. The van der Waals surface area contributed by atoms with Crippen molar-refractivity contribution in [3.05, 3.63) is 34.9 Å². The first-order chi connectivity index (χ1) is 9.88. The van der Waals surface area contributed by atoms with Crippen LogP contribution in [-0.4, -0.2) is 29.6 Å². The van der Waals surface area contributed by atoms with Gasteiger partial charge in [-0.15, -0.1) is 0 Å². The highest BCUT2D eigenvalue weighted by molar-refractivity contribution is 6.31. The molecule has 1 saturated heterocycles. The molecule has 0 aromatic heterocycles. The number of benzene rings is 1. The topological polar surface area (TPSA) is 23.5 Å². The van der Waals surface area contributed by atoms with Gasteiger partial charge in [0.2, 0.25) is 0 Å². The van der Waals surface area contributed by atoms with Gasteiger partial charge in [-0.1, -0.05) is 50.6 Å². The highest BCUT2D eigenvalue weighted by Crippen LogP contribution is 2.34. The Bertz CT molecular complexity index is 447. The van der Waals surface area contributed by atoms with Crippen molar-refractivity contribution < 1.29 is 5.11 Å². The zero-order valence-electron chi connectivity index (χ0n) is 13.5. The molecule has 0 amide bonds. The van der Waals surface area contributed by atoms with Gasteiger partial charge in [-0.25, -0.2) is 0 Å². The average molecular weight is 310 g/mol. The van der Waals surface area contributed by atoms with Gasteiger partial charge in [0.1, 0.15) is 0 Å². The van der Waals surface area contributed by atoms with Crippen molar-refractivity contribution >= 4 is 11.6 Å². The van der Waals surface area contributed by atoms with E-state index < -0.39 is 6.10 Å². The van der Waals surface area contributed by atoms with E-state index in [9.17, 15) is 5.11 Å². The normalized spacial score (nSPS) is 19.7. The molecule has 118 valence electrons. The Balaban J connectivity index is 1.79. The fourth-order valence-corrected chi connectivity index (χ4v) is 3.49. The molecule has 2 rings (SSSR count). The number of aliphatic hydroxyl groups is 1. The van der Waals surface area contributed by atoms with Crippen LogP contribution in [0.4, 0.5) is 0 Å². The third-order valence-corrected chi connectivity index (χ3v) is 5.14. The highest BCUT2D eigenvalue weighted by atomic mass is 35.5. The van der Waals surface area contributed by atoms with Crippen LogP contribution in [0.5, 0.6) is 0 Å². The minimum Gasteiger partial charge on any atom is -0.388 e. The first-order valence-corrected chi connectivity index (χ1v) is 8.40. The zero-order chi connectivity index (χ0) is 15.5. The van der Waals surface area contributed by atoms with Crippen LogP contribution in [0.15, 0.2) is 24.3 Å². The number of nitrogens with zero attached hydrogens (tertiary/aromatic N) is 1. The molecule has 1 aliphatic rings. The Kier molecular flexibility index (Phi) is 5.70. The quantitative estimate of drug-likeness (QED) is 0.884. The van der Waals surface area contributed by atoms with Gasteiger partial charge in [0.05, 0.1) is 6.10 Å². The van der Waals surface area contributed by atoms with Gasteiger partial charge in [-0.2, -0.15) is 0 Å². The van der Waals surface area contributed by atoms with Gasteiger partial charge in [0, 0.05) is 11.6 Å². The van der Waals surface area contributed by atoms with Crippen LogP contribution >= 0.6 is 11.6 Å². The molecule has 0 bridgehead atoms. The first kappa shape index (κ1) is 16.8. The van der Waals surface area contributed by atoms with Crippen molar-refractivity contribution in [3.8, 4) is 0 Å². The summed E-state index contributed by atoms with van der Waals surface area (Å²) in [6.07, 6.45) is 2.83. The Morgan fingerprint density at radius 2 is 1.86 bits per heavy atom. The minimum atomic E-state index is -0.459. The summed E-state index contributed by atoms with van der Waals surface area (Å²) in [5.74, 6) is 0.822. The van der Waals surface area contributed by atoms with Crippen molar-refractivity contribution in [2.24, 2.45) is 11.3 Å². The number of rotatable bonds is 4. The molecule has 3 heteroatoms. The van der Waals surface area contributed by atoms with E-state index in [2.05, 4.69) is 25.7 Å². The van der Waals surface area contributed by atoms with Crippen LogP contribution in [0.2, 0.25) is 5.02 Å². The zero-order valence-corrected chi connectivity index (χ0v) is 14.2. The maximum atomic E-state index is 10.3. The molecule has 1 heterocycles. The maximum absolute atomic E-state index is 10.3. The first-order valence-electron chi connectivity index (χ1n) is 8.03. The lowest BCUT2D eigenvalue weighted by atomic mass is 9.75. The number of aliphatic hydroxyl groups excluding tert-OH is 1. The molecule has 2 nitrogen and oxygen atoms in total. The summed E-state index contributed by atoms with van der Waals surface area (Å²) in [6.45, 7) is 10.3. The molecule has 1 fully saturated rings. The summed E-state index contributed by atoms with van der Waals surface area (Å²) in [7, 11) is 0. The molecule has 1 N–H and O–H groups in total. The number of hydrogen-bond donors (Lipinski definition) is 1. The van der Waals surface area contributed by atoms with Crippen molar-refractivity contribution in [2.75, 3.05) is 19.6 Å². The number of likely N-dealkylation sites (tertiary alicyclic amines) is 1. The van der Waals surface area contributed by atoms with Crippen molar-refractivity contribution in [3.63, 3.8) is 0 Å². The SMILES string of the molecule is CC(C)(C)C1CCN(CCC(O)c2ccccc2Cl)CC1. The summed E-state index contributed by atoms with van der Waals surface area (Å²) in [6, 6.07) is 7.59. The summed E-state index contributed by atoms with van der Waals surface area (Å²) < 4.78 is 0. The van der Waals surface area contributed by atoms with E-state index >= 15 is 0 Å². The van der Waals surface area contributed by atoms with E-state index in [0.29, 0.717) is 10.4 Å². The van der Waals surface area contributed by atoms with Crippen LogP contribution in [0.1, 0.15) is 51.7 Å². The lowest BCUT2D eigenvalue weighted by Crippen LogP contribution is -2.38. The summed E-state index contributed by atoms with van der Waals surface area (Å²) in [5.41, 5.74) is 1.27. The molecule has 1 atom stereocenters. The number of halogens is 1. The van der Waals surface area contributed by atoms with Crippen LogP contribution in [0.25, 0.3) is 0 Å². The number of piperidine rings is 1. The van der Waals surface area contributed by atoms with Crippen molar-refractivity contribution in [1.29, 1.82) is 0 Å². The third kappa shape index (κ3) is 4.70. The summed E-state index contributed by atoms with van der Waals surface area (Å²) in [4.78, 5) is 2.47. The Morgan fingerprint density at radius 3 is 2.43 bits per heavy atom. The molecule has 0 radical (unpaired) electrons. The van der Waals surface area contributed by atoms with E-state index in [4.69, 9.17) is 11.6 Å². The lowest BCUT2D eigenvalue weighted by Gasteiger charge is -2.39. The number of hydrogen-bond acceptors (Lipinski definition) is 2. The van der Waals surface area contributed by atoms with Gasteiger partial charge in [-0.3, -0.25) is 0 Å². The van der Waals surface area contributed by atoms with E-state index in [-0.39, 0.29) is 0 Å².